The van der Waals surface area contributed by atoms with Gasteiger partial charge < -0.3 is 15.0 Å². The van der Waals surface area contributed by atoms with Crippen LogP contribution in [0.15, 0.2) is 4.99 Å². The number of nitrogens with one attached hydrogen (secondary N) is 1. The number of hydrogen-bond donors (Lipinski definition) is 1. The number of guanidine groups is 1. The third-order valence-electron chi connectivity index (χ3n) is 6.59. The summed E-state index contributed by atoms with van der Waals surface area (Å²) in [4.78, 5) is 7.59. The first-order valence-electron chi connectivity index (χ1n) is 9.36. The summed E-state index contributed by atoms with van der Waals surface area (Å²) < 4.78 is 5.66. The van der Waals surface area contributed by atoms with Crippen molar-refractivity contribution in [2.45, 2.75) is 51.9 Å². The molecule has 1 N–H and O–H groups in total. The quantitative estimate of drug-likeness (QED) is 0.641. The fraction of sp³-hybridized carbons (Fsp3) is 0.944. The summed E-state index contributed by atoms with van der Waals surface area (Å²) >= 11 is 0. The molecule has 1 spiro atoms. The molecule has 1 atom stereocenters. The van der Waals surface area contributed by atoms with E-state index in [0.717, 1.165) is 45.3 Å². The van der Waals surface area contributed by atoms with Gasteiger partial charge in [-0.2, -0.15) is 0 Å². The zero-order valence-corrected chi connectivity index (χ0v) is 14.1. The smallest absolute Gasteiger partial charge is 0.193 e. The molecule has 0 amide bonds. The molecule has 1 unspecified atom stereocenters. The summed E-state index contributed by atoms with van der Waals surface area (Å²) in [5.41, 5.74) is 0.995. The zero-order chi connectivity index (χ0) is 15.0. The maximum Gasteiger partial charge on any atom is 0.193 e. The topological polar surface area (TPSA) is 36.9 Å². The molecule has 22 heavy (non-hydrogen) atoms. The van der Waals surface area contributed by atoms with Gasteiger partial charge in [0.15, 0.2) is 5.96 Å². The number of ether oxygens (including phenoxy) is 1. The highest BCUT2D eigenvalue weighted by molar-refractivity contribution is 5.80. The largest absolute Gasteiger partial charge is 0.381 e. The highest BCUT2D eigenvalue weighted by Gasteiger charge is 2.49. The Morgan fingerprint density at radius 1 is 1.27 bits per heavy atom. The average Bonchev–Trinajstić information content (AvgIpc) is 3.09. The molecule has 2 heterocycles. The Morgan fingerprint density at radius 2 is 2.14 bits per heavy atom. The summed E-state index contributed by atoms with van der Waals surface area (Å²) in [6.45, 7) is 8.39. The van der Waals surface area contributed by atoms with E-state index in [4.69, 9.17) is 9.73 Å². The summed E-state index contributed by atoms with van der Waals surface area (Å²) in [5.74, 6) is 2.15. The van der Waals surface area contributed by atoms with E-state index in [1.165, 1.54) is 50.9 Å². The van der Waals surface area contributed by atoms with E-state index in [-0.39, 0.29) is 0 Å². The molecule has 0 aromatic rings. The highest BCUT2D eigenvalue weighted by atomic mass is 16.5. The number of rotatable bonds is 4. The van der Waals surface area contributed by atoms with E-state index in [9.17, 15) is 0 Å². The molecule has 0 aromatic carbocycles. The van der Waals surface area contributed by atoms with Crippen LogP contribution >= 0.6 is 0 Å². The van der Waals surface area contributed by atoms with Crippen LogP contribution in [0.1, 0.15) is 51.9 Å². The minimum absolute atomic E-state index is 0.418. The molecule has 4 rings (SSSR count). The Hall–Kier alpha value is -0.770. The van der Waals surface area contributed by atoms with Gasteiger partial charge in [-0.3, -0.25) is 4.99 Å². The zero-order valence-electron chi connectivity index (χ0n) is 14.1. The SMILES string of the molecule is CCNC(=NCC1(C2CC2)CCC1)N1CCC2(CCOC2)C1. The molecule has 0 aromatic heterocycles. The second kappa shape index (κ2) is 5.70. The first-order chi connectivity index (χ1) is 10.8. The van der Waals surface area contributed by atoms with Gasteiger partial charge in [0.1, 0.15) is 0 Å². The van der Waals surface area contributed by atoms with E-state index in [1.807, 2.05) is 0 Å². The van der Waals surface area contributed by atoms with Crippen molar-refractivity contribution in [1.29, 1.82) is 0 Å². The lowest BCUT2D eigenvalue weighted by Gasteiger charge is -2.41. The van der Waals surface area contributed by atoms with Crippen LogP contribution in [0, 0.1) is 16.7 Å². The van der Waals surface area contributed by atoms with Crippen LogP contribution in [-0.2, 0) is 4.74 Å². The van der Waals surface area contributed by atoms with E-state index in [1.54, 1.807) is 0 Å². The molecule has 4 aliphatic rings. The fourth-order valence-corrected chi connectivity index (χ4v) is 4.77. The number of hydrogen-bond acceptors (Lipinski definition) is 2. The van der Waals surface area contributed by atoms with Crippen LogP contribution in [0.2, 0.25) is 0 Å². The van der Waals surface area contributed by atoms with E-state index >= 15 is 0 Å². The number of likely N-dealkylation sites (tertiary alicyclic amines) is 1. The monoisotopic (exact) mass is 305 g/mol. The molecule has 2 saturated carbocycles. The Labute approximate surface area is 134 Å². The molecular formula is C18H31N3O. The van der Waals surface area contributed by atoms with Gasteiger partial charge in [0, 0.05) is 38.2 Å². The summed E-state index contributed by atoms with van der Waals surface area (Å²) in [7, 11) is 0. The maximum atomic E-state index is 5.66. The van der Waals surface area contributed by atoms with Crippen molar-refractivity contribution in [2.75, 3.05) is 39.4 Å². The van der Waals surface area contributed by atoms with Crippen LogP contribution in [0.4, 0.5) is 0 Å². The Kier molecular flexibility index (Phi) is 3.83. The number of nitrogens with zero attached hydrogens (tertiary/aromatic N) is 2. The Morgan fingerprint density at radius 3 is 2.73 bits per heavy atom. The second-order valence-electron chi connectivity index (χ2n) is 8.13. The van der Waals surface area contributed by atoms with Gasteiger partial charge >= 0.3 is 0 Å². The van der Waals surface area contributed by atoms with Gasteiger partial charge in [-0.05, 0) is 56.8 Å². The van der Waals surface area contributed by atoms with Crippen molar-refractivity contribution < 1.29 is 4.74 Å². The third-order valence-corrected chi connectivity index (χ3v) is 6.59. The van der Waals surface area contributed by atoms with Crippen LogP contribution in [0.25, 0.3) is 0 Å². The van der Waals surface area contributed by atoms with Crippen molar-refractivity contribution in [1.82, 2.24) is 10.2 Å². The standard InChI is InChI=1S/C18H31N3O/c1-2-19-16(20-12-18(6-3-7-18)15-4-5-15)21-10-8-17(13-21)9-11-22-14-17/h15H,2-14H2,1H3,(H,19,20). The summed E-state index contributed by atoms with van der Waals surface area (Å²) in [5, 5.41) is 3.55. The Bertz CT molecular complexity index is 434. The van der Waals surface area contributed by atoms with Crippen molar-refractivity contribution >= 4 is 5.96 Å². The molecule has 0 radical (unpaired) electrons. The summed E-state index contributed by atoms with van der Waals surface area (Å²) in [6, 6.07) is 0. The molecule has 2 aliphatic heterocycles. The molecule has 0 bridgehead atoms. The minimum atomic E-state index is 0.418. The van der Waals surface area contributed by atoms with Crippen molar-refractivity contribution in [3.63, 3.8) is 0 Å². The molecule has 2 aliphatic carbocycles. The van der Waals surface area contributed by atoms with Crippen molar-refractivity contribution in [3.8, 4) is 0 Å². The van der Waals surface area contributed by atoms with E-state index < -0.39 is 0 Å². The van der Waals surface area contributed by atoms with Gasteiger partial charge in [0.05, 0.1) is 6.61 Å². The predicted octanol–water partition coefficient (Wildman–Crippen LogP) is 2.64. The lowest BCUT2D eigenvalue weighted by molar-refractivity contribution is 0.112. The Balaban J connectivity index is 1.43. The minimum Gasteiger partial charge on any atom is -0.381 e. The lowest BCUT2D eigenvalue weighted by atomic mass is 9.65. The van der Waals surface area contributed by atoms with Crippen LogP contribution in [0.5, 0.6) is 0 Å². The molecule has 4 heteroatoms. The van der Waals surface area contributed by atoms with Crippen LogP contribution in [-0.4, -0.2) is 50.3 Å². The van der Waals surface area contributed by atoms with Crippen LogP contribution < -0.4 is 5.32 Å². The number of aliphatic imine (C=N–C) groups is 1. The highest BCUT2D eigenvalue weighted by Crippen LogP contribution is 2.57. The van der Waals surface area contributed by atoms with E-state index in [2.05, 4.69) is 17.1 Å². The fourth-order valence-electron chi connectivity index (χ4n) is 4.77. The van der Waals surface area contributed by atoms with Gasteiger partial charge in [-0.25, -0.2) is 0 Å². The van der Waals surface area contributed by atoms with Gasteiger partial charge in [0.25, 0.3) is 0 Å². The lowest BCUT2D eigenvalue weighted by Crippen LogP contribution is -2.43. The normalized spacial score (nSPS) is 34.2. The molecule has 4 fully saturated rings. The maximum absolute atomic E-state index is 5.66. The van der Waals surface area contributed by atoms with Crippen LogP contribution in [0.3, 0.4) is 0 Å². The third kappa shape index (κ3) is 2.64. The summed E-state index contributed by atoms with van der Waals surface area (Å²) in [6.07, 6.45) is 9.66. The molecule has 2 saturated heterocycles. The second-order valence-corrected chi connectivity index (χ2v) is 8.13. The molecule has 4 nitrogen and oxygen atoms in total. The first kappa shape index (κ1) is 14.8. The average molecular weight is 305 g/mol. The van der Waals surface area contributed by atoms with Crippen molar-refractivity contribution in [2.24, 2.45) is 21.7 Å². The van der Waals surface area contributed by atoms with E-state index in [0.29, 0.717) is 10.8 Å². The van der Waals surface area contributed by atoms with Gasteiger partial charge in [-0.15, -0.1) is 0 Å². The van der Waals surface area contributed by atoms with Gasteiger partial charge in [-0.1, -0.05) is 6.42 Å². The van der Waals surface area contributed by atoms with Crippen molar-refractivity contribution in [3.05, 3.63) is 0 Å². The molecular weight excluding hydrogens is 274 g/mol. The predicted molar refractivity (Wildman–Crippen MR) is 89.0 cm³/mol. The van der Waals surface area contributed by atoms with Gasteiger partial charge in [0.2, 0.25) is 0 Å². The molecule has 124 valence electrons. The first-order valence-corrected chi connectivity index (χ1v) is 9.36.